The number of carbonyl (C=O) groups is 1. The van der Waals surface area contributed by atoms with Gasteiger partial charge in [-0.2, -0.15) is 0 Å². The number of hydrogen-bond acceptors (Lipinski definition) is 5. The van der Waals surface area contributed by atoms with Crippen molar-refractivity contribution in [2.75, 3.05) is 6.61 Å². The van der Waals surface area contributed by atoms with Crippen molar-refractivity contribution in [1.82, 2.24) is 19.5 Å². The van der Waals surface area contributed by atoms with Crippen molar-refractivity contribution >= 4 is 11.6 Å². The van der Waals surface area contributed by atoms with Gasteiger partial charge in [0.05, 0.1) is 5.56 Å². The van der Waals surface area contributed by atoms with Crippen molar-refractivity contribution in [3.05, 3.63) is 29.7 Å². The summed E-state index contributed by atoms with van der Waals surface area (Å²) >= 11 is 0. The van der Waals surface area contributed by atoms with Crippen molar-refractivity contribution in [2.24, 2.45) is 11.8 Å². The molecule has 7 heteroatoms. The van der Waals surface area contributed by atoms with Crippen molar-refractivity contribution in [3.63, 3.8) is 0 Å². The molecule has 0 aromatic carbocycles. The molecule has 0 spiro atoms. The van der Waals surface area contributed by atoms with Crippen molar-refractivity contribution in [3.8, 4) is 0 Å². The van der Waals surface area contributed by atoms with E-state index in [0.29, 0.717) is 23.0 Å². The number of aliphatic hydroxyl groups excluding tert-OH is 2. The smallest absolute Gasteiger partial charge is 0.255 e. The summed E-state index contributed by atoms with van der Waals surface area (Å²) in [5.41, 5.74) is 1.21. The van der Waals surface area contributed by atoms with Crippen LogP contribution >= 0.6 is 0 Å². The molecule has 2 aromatic heterocycles. The lowest BCUT2D eigenvalue weighted by Gasteiger charge is -2.38. The van der Waals surface area contributed by atoms with Crippen LogP contribution in [0.5, 0.6) is 0 Å². The molecule has 0 aliphatic carbocycles. The van der Waals surface area contributed by atoms with Crippen LogP contribution in [0.1, 0.15) is 61.8 Å². The Labute approximate surface area is 152 Å². The van der Waals surface area contributed by atoms with E-state index in [2.05, 4.69) is 10.2 Å². The lowest BCUT2D eigenvalue weighted by atomic mass is 9.91. The van der Waals surface area contributed by atoms with Crippen LogP contribution in [0, 0.1) is 11.8 Å². The zero-order valence-electron chi connectivity index (χ0n) is 15.2. The van der Waals surface area contributed by atoms with E-state index in [1.807, 2.05) is 18.7 Å². The molecule has 2 N–H and O–H groups in total. The molecule has 2 fully saturated rings. The Morgan fingerprint density at radius 1 is 1.23 bits per heavy atom. The van der Waals surface area contributed by atoms with Gasteiger partial charge in [-0.15, -0.1) is 10.2 Å². The highest BCUT2D eigenvalue weighted by atomic mass is 16.3. The predicted molar refractivity (Wildman–Crippen MR) is 95.6 cm³/mol. The Kier molecular flexibility index (Phi) is 4.44. The van der Waals surface area contributed by atoms with Crippen molar-refractivity contribution in [1.29, 1.82) is 0 Å². The summed E-state index contributed by atoms with van der Waals surface area (Å²) in [7, 11) is 0. The average Bonchev–Trinajstić information content (AvgIpc) is 3.17. The predicted octanol–water partition coefficient (Wildman–Crippen LogP) is 1.79. The van der Waals surface area contributed by atoms with Crippen LogP contribution in [-0.2, 0) is 0 Å². The Morgan fingerprint density at radius 2 is 1.92 bits per heavy atom. The summed E-state index contributed by atoms with van der Waals surface area (Å²) in [6.07, 6.45) is 4.80. The van der Waals surface area contributed by atoms with E-state index in [-0.39, 0.29) is 30.5 Å². The molecule has 2 aromatic rings. The van der Waals surface area contributed by atoms with Gasteiger partial charge in [-0.05, 0) is 49.7 Å². The van der Waals surface area contributed by atoms with Gasteiger partial charge < -0.3 is 15.1 Å². The Balaban J connectivity index is 1.65. The van der Waals surface area contributed by atoms with Gasteiger partial charge >= 0.3 is 0 Å². The van der Waals surface area contributed by atoms with E-state index in [4.69, 9.17) is 0 Å². The maximum absolute atomic E-state index is 13.2. The highest BCUT2D eigenvalue weighted by Crippen LogP contribution is 2.39. The first-order valence-electron chi connectivity index (χ1n) is 9.45. The van der Waals surface area contributed by atoms with E-state index in [1.54, 1.807) is 22.7 Å². The number of carbonyl (C=O) groups excluding carboxylic acids is 1. The van der Waals surface area contributed by atoms with Crippen LogP contribution in [0.4, 0.5) is 0 Å². The molecule has 2 unspecified atom stereocenters. The second kappa shape index (κ2) is 6.63. The zero-order chi connectivity index (χ0) is 18.4. The monoisotopic (exact) mass is 358 g/mol. The second-order valence-corrected chi connectivity index (χ2v) is 8.01. The second-order valence-electron chi connectivity index (χ2n) is 8.01. The topological polar surface area (TPSA) is 91.0 Å². The number of aliphatic hydroxyl groups is 2. The number of pyridine rings is 1. The average molecular weight is 358 g/mol. The fourth-order valence-corrected chi connectivity index (χ4v) is 4.45. The lowest BCUT2D eigenvalue weighted by Crippen LogP contribution is -2.47. The highest BCUT2D eigenvalue weighted by Gasteiger charge is 2.43. The number of amides is 1. The molecule has 4 rings (SSSR count). The molecule has 4 heterocycles. The summed E-state index contributed by atoms with van der Waals surface area (Å²) < 4.78 is 1.72. The van der Waals surface area contributed by atoms with Gasteiger partial charge in [0.15, 0.2) is 11.5 Å². The van der Waals surface area contributed by atoms with Gasteiger partial charge in [0.1, 0.15) is 6.10 Å². The van der Waals surface area contributed by atoms with E-state index in [1.165, 1.54) is 0 Å². The van der Waals surface area contributed by atoms with Gasteiger partial charge in [-0.1, -0.05) is 13.8 Å². The molecule has 1 amide bonds. The normalized spacial score (nSPS) is 26.7. The zero-order valence-corrected chi connectivity index (χ0v) is 15.2. The summed E-state index contributed by atoms with van der Waals surface area (Å²) in [6, 6.07) is 4.00. The number of rotatable bonds is 4. The van der Waals surface area contributed by atoms with Crippen LogP contribution in [0.2, 0.25) is 0 Å². The highest BCUT2D eigenvalue weighted by molar-refractivity contribution is 5.95. The maximum Gasteiger partial charge on any atom is 0.255 e. The minimum atomic E-state index is -0.730. The molecule has 4 atom stereocenters. The molecule has 0 radical (unpaired) electrons. The molecule has 2 aliphatic heterocycles. The summed E-state index contributed by atoms with van der Waals surface area (Å²) in [5.74, 6) is 0.806. The van der Waals surface area contributed by atoms with Gasteiger partial charge in [0.25, 0.3) is 5.91 Å². The van der Waals surface area contributed by atoms with E-state index < -0.39 is 6.10 Å². The third-order valence-corrected chi connectivity index (χ3v) is 5.90. The number of fused-ring (bicyclic) bond motifs is 3. The van der Waals surface area contributed by atoms with Gasteiger partial charge in [-0.3, -0.25) is 9.20 Å². The minimum Gasteiger partial charge on any atom is -0.396 e. The molecule has 2 saturated heterocycles. The molecule has 7 nitrogen and oxygen atoms in total. The first-order valence-corrected chi connectivity index (χ1v) is 9.45. The number of hydrogen-bond donors (Lipinski definition) is 2. The van der Waals surface area contributed by atoms with Crippen LogP contribution < -0.4 is 0 Å². The van der Waals surface area contributed by atoms with Crippen molar-refractivity contribution < 1.29 is 15.0 Å². The number of aromatic nitrogens is 3. The lowest BCUT2D eigenvalue weighted by molar-refractivity contribution is 0.0452. The van der Waals surface area contributed by atoms with Crippen molar-refractivity contribution in [2.45, 2.75) is 57.7 Å². The fourth-order valence-electron chi connectivity index (χ4n) is 4.45. The van der Waals surface area contributed by atoms with E-state index in [9.17, 15) is 15.0 Å². The summed E-state index contributed by atoms with van der Waals surface area (Å²) in [5, 5.41) is 28.0. The third-order valence-electron chi connectivity index (χ3n) is 5.90. The number of piperidine rings is 1. The molecule has 0 saturated carbocycles. The molecular formula is C19H26N4O3. The molecular weight excluding hydrogens is 332 g/mol. The fraction of sp³-hybridized carbons (Fsp3) is 0.632. The Bertz CT molecular complexity index is 804. The molecule has 140 valence electrons. The van der Waals surface area contributed by atoms with Gasteiger partial charge in [0, 0.05) is 24.9 Å². The third kappa shape index (κ3) is 2.79. The standard InChI is InChI=1S/C19H26N4O3/c1-11(2)17(25)18-21-20-16-6-3-13(9-22(16)18)19(26)23-14-4-5-15(23)8-12(7-14)10-24/h3,6,9,11-12,14-15,17,24-25H,4-5,7-8,10H2,1-2H3/t12?,14-,15+,17?. The van der Waals surface area contributed by atoms with Crippen LogP contribution in [0.3, 0.4) is 0 Å². The Morgan fingerprint density at radius 3 is 2.54 bits per heavy atom. The van der Waals surface area contributed by atoms with Crippen LogP contribution in [0.25, 0.3) is 5.65 Å². The summed E-state index contributed by atoms with van der Waals surface area (Å²) in [4.78, 5) is 15.2. The first-order chi connectivity index (χ1) is 12.5. The maximum atomic E-state index is 13.2. The first kappa shape index (κ1) is 17.4. The number of nitrogens with zero attached hydrogens (tertiary/aromatic N) is 4. The Hall–Kier alpha value is -1.99. The summed E-state index contributed by atoms with van der Waals surface area (Å²) in [6.45, 7) is 4.05. The van der Waals surface area contributed by atoms with Crippen LogP contribution in [0.15, 0.2) is 18.3 Å². The van der Waals surface area contributed by atoms with E-state index >= 15 is 0 Å². The van der Waals surface area contributed by atoms with Gasteiger partial charge in [-0.25, -0.2) is 0 Å². The largest absolute Gasteiger partial charge is 0.396 e. The minimum absolute atomic E-state index is 0.00936. The van der Waals surface area contributed by atoms with Gasteiger partial charge in [0.2, 0.25) is 0 Å². The van der Waals surface area contributed by atoms with Crippen LogP contribution in [-0.4, -0.2) is 54.3 Å². The SMILES string of the molecule is CC(C)C(O)c1nnc2ccc(C(=O)N3[C@@H]4CC[C@H]3CC(CO)C4)cn12. The van der Waals surface area contributed by atoms with E-state index in [0.717, 1.165) is 25.7 Å². The molecule has 26 heavy (non-hydrogen) atoms. The quantitative estimate of drug-likeness (QED) is 0.870. The molecule has 2 aliphatic rings. The molecule has 2 bridgehead atoms.